The lowest BCUT2D eigenvalue weighted by atomic mass is 10.1. The molecule has 52 valence electrons. The fourth-order valence-electron chi connectivity index (χ4n) is 1.15. The maximum Gasteiger partial charge on any atom is -0.00236 e. The molecule has 0 N–H and O–H groups in total. The minimum atomic E-state index is 1.08. The smallest absolute Gasteiger partial charge is 0.00236 e. The van der Waals surface area contributed by atoms with Crippen molar-refractivity contribution >= 4 is 10.8 Å². The molecule has 0 aliphatic rings. The first-order valence-electron chi connectivity index (χ1n) is 3.65. The van der Waals surface area contributed by atoms with Gasteiger partial charge in [0.05, 0.1) is 0 Å². The molecule has 2 aromatic rings. The summed E-state index contributed by atoms with van der Waals surface area (Å²) >= 11 is 0. The van der Waals surface area contributed by atoms with Crippen LogP contribution in [0.25, 0.3) is 10.8 Å². The van der Waals surface area contributed by atoms with Gasteiger partial charge >= 0.3 is 0 Å². The van der Waals surface area contributed by atoms with E-state index in [0.717, 1.165) is 5.39 Å². The maximum absolute atomic E-state index is 3.23. The van der Waals surface area contributed by atoms with Crippen LogP contribution in [-0.2, 0) is 0 Å². The van der Waals surface area contributed by atoms with Gasteiger partial charge < -0.3 is 0 Å². The molecular weight excluding hydrogens is 132 g/mol. The van der Waals surface area contributed by atoms with E-state index in [0.29, 0.717) is 0 Å². The molecule has 2 radical (unpaired) electrons. The van der Waals surface area contributed by atoms with Crippen molar-refractivity contribution in [3.8, 4) is 0 Å². The normalized spacial score (nSPS) is 10.3. The van der Waals surface area contributed by atoms with Crippen LogP contribution >= 0.6 is 0 Å². The zero-order valence-electron chi connectivity index (χ0n) is 6.39. The molecule has 0 unspecified atom stereocenters. The minimum Gasteiger partial charge on any atom is -0.0610 e. The zero-order valence-corrected chi connectivity index (χ0v) is 6.39. The van der Waals surface area contributed by atoms with Crippen molar-refractivity contribution in [3.63, 3.8) is 0 Å². The van der Waals surface area contributed by atoms with Crippen molar-refractivity contribution in [3.05, 3.63) is 48.0 Å². The van der Waals surface area contributed by atoms with Gasteiger partial charge in [-0.05, 0) is 35.4 Å². The molecule has 0 heterocycles. The largest absolute Gasteiger partial charge is 0.0610 e. The monoisotopic (exact) mass is 140 g/mol. The highest BCUT2D eigenvalue weighted by Crippen LogP contribution is 2.12. The molecule has 0 aliphatic heterocycles. The van der Waals surface area contributed by atoms with E-state index in [4.69, 9.17) is 0 Å². The Bertz CT molecular complexity index is 374. The highest BCUT2D eigenvalue weighted by Gasteiger charge is 1.90. The van der Waals surface area contributed by atoms with E-state index in [1.807, 2.05) is 19.1 Å². The molecule has 0 aliphatic carbocycles. The molecule has 0 bridgehead atoms. The number of benzene rings is 2. The fourth-order valence-corrected chi connectivity index (χ4v) is 1.15. The number of hydrogen-bond acceptors (Lipinski definition) is 0. The maximum atomic E-state index is 3.23. The lowest BCUT2D eigenvalue weighted by Gasteiger charge is -1.95. The summed E-state index contributed by atoms with van der Waals surface area (Å²) in [6, 6.07) is 16.5. The second-order valence-corrected chi connectivity index (χ2v) is 2.64. The zero-order chi connectivity index (χ0) is 7.68. The third-order valence-electron chi connectivity index (χ3n) is 1.72. The van der Waals surface area contributed by atoms with Gasteiger partial charge in [0, 0.05) is 0 Å². The van der Waals surface area contributed by atoms with Gasteiger partial charge in [0.15, 0.2) is 0 Å². The summed E-state index contributed by atoms with van der Waals surface area (Å²) in [6.45, 7) is 2.04. The fraction of sp³-hybridized carbons (Fsp3) is 0.0909. The molecule has 2 rings (SSSR count). The summed E-state index contributed by atoms with van der Waals surface area (Å²) in [5, 5.41) is 2.28. The summed E-state index contributed by atoms with van der Waals surface area (Å²) in [5.41, 5.74) is 1.17. The standard InChI is InChI=1S/C11H8/c1-9-6-7-10-4-2-3-5-11(10)8-9/h2-4,6-7H,1H3. The topological polar surface area (TPSA) is 0 Å². The molecule has 0 nitrogen and oxygen atoms in total. The van der Waals surface area contributed by atoms with E-state index in [1.165, 1.54) is 10.9 Å². The van der Waals surface area contributed by atoms with Gasteiger partial charge in [0.1, 0.15) is 0 Å². The molecule has 0 aromatic heterocycles. The summed E-state index contributed by atoms with van der Waals surface area (Å²) in [4.78, 5) is 0. The van der Waals surface area contributed by atoms with Crippen LogP contribution in [-0.4, -0.2) is 0 Å². The van der Waals surface area contributed by atoms with Crippen LogP contribution in [0.1, 0.15) is 5.56 Å². The highest BCUT2D eigenvalue weighted by atomic mass is 13.9. The van der Waals surface area contributed by atoms with Crippen molar-refractivity contribution in [2.75, 3.05) is 0 Å². The summed E-state index contributed by atoms with van der Waals surface area (Å²) in [5.74, 6) is 0. The van der Waals surface area contributed by atoms with Crippen LogP contribution in [0.3, 0.4) is 0 Å². The van der Waals surface area contributed by atoms with Gasteiger partial charge in [-0.1, -0.05) is 30.3 Å². The SMILES string of the molecule is Cc1[c]c2[c]cccc2cc1. The Morgan fingerprint density at radius 3 is 3.00 bits per heavy atom. The molecule has 0 fully saturated rings. The molecule has 0 saturated carbocycles. The van der Waals surface area contributed by atoms with E-state index >= 15 is 0 Å². The van der Waals surface area contributed by atoms with Gasteiger partial charge in [-0.15, -0.1) is 0 Å². The van der Waals surface area contributed by atoms with E-state index in [1.54, 1.807) is 0 Å². The van der Waals surface area contributed by atoms with Crippen LogP contribution in [0.2, 0.25) is 0 Å². The van der Waals surface area contributed by atoms with Gasteiger partial charge in [0.25, 0.3) is 0 Å². The van der Waals surface area contributed by atoms with Crippen molar-refractivity contribution in [2.24, 2.45) is 0 Å². The highest BCUT2D eigenvalue weighted by molar-refractivity contribution is 5.81. The van der Waals surface area contributed by atoms with E-state index in [-0.39, 0.29) is 0 Å². The van der Waals surface area contributed by atoms with Crippen LogP contribution < -0.4 is 0 Å². The molecule has 0 amide bonds. The Kier molecular flexibility index (Phi) is 1.39. The Labute approximate surface area is 66.5 Å². The third kappa shape index (κ3) is 1.12. The lowest BCUT2D eigenvalue weighted by molar-refractivity contribution is 1.49. The molecular formula is C11H8. The third-order valence-corrected chi connectivity index (χ3v) is 1.72. The Morgan fingerprint density at radius 2 is 2.09 bits per heavy atom. The van der Waals surface area contributed by atoms with Gasteiger partial charge in [-0.2, -0.15) is 0 Å². The van der Waals surface area contributed by atoms with Crippen molar-refractivity contribution in [2.45, 2.75) is 6.92 Å². The quantitative estimate of drug-likeness (QED) is 0.527. The van der Waals surface area contributed by atoms with Crippen molar-refractivity contribution in [1.29, 1.82) is 0 Å². The van der Waals surface area contributed by atoms with Crippen LogP contribution in [0, 0.1) is 19.1 Å². The van der Waals surface area contributed by atoms with E-state index in [9.17, 15) is 0 Å². The summed E-state index contributed by atoms with van der Waals surface area (Å²) in [7, 11) is 0. The van der Waals surface area contributed by atoms with E-state index in [2.05, 4.69) is 30.3 Å². The van der Waals surface area contributed by atoms with Crippen LogP contribution in [0.5, 0.6) is 0 Å². The second kappa shape index (κ2) is 2.39. The molecule has 11 heavy (non-hydrogen) atoms. The second-order valence-electron chi connectivity index (χ2n) is 2.64. The van der Waals surface area contributed by atoms with Crippen molar-refractivity contribution < 1.29 is 0 Å². The number of rotatable bonds is 0. The number of fused-ring (bicyclic) bond motifs is 1. The average molecular weight is 140 g/mol. The first kappa shape index (κ1) is 6.41. The van der Waals surface area contributed by atoms with Gasteiger partial charge in [-0.25, -0.2) is 0 Å². The molecule has 0 atom stereocenters. The first-order chi connectivity index (χ1) is 5.36. The summed E-state index contributed by atoms with van der Waals surface area (Å²) in [6.07, 6.45) is 0. The molecule has 2 aromatic carbocycles. The predicted octanol–water partition coefficient (Wildman–Crippen LogP) is 2.75. The number of aryl methyl sites for hydroxylation is 1. The predicted molar refractivity (Wildman–Crippen MR) is 46.4 cm³/mol. The molecule has 0 saturated heterocycles. The first-order valence-corrected chi connectivity index (χ1v) is 3.65. The van der Waals surface area contributed by atoms with Crippen LogP contribution in [0.15, 0.2) is 30.3 Å². The van der Waals surface area contributed by atoms with Crippen LogP contribution in [0.4, 0.5) is 0 Å². The molecule has 0 heteroatoms. The lowest BCUT2D eigenvalue weighted by Crippen LogP contribution is -1.74. The van der Waals surface area contributed by atoms with E-state index < -0.39 is 0 Å². The number of hydrogen-bond donors (Lipinski definition) is 0. The van der Waals surface area contributed by atoms with Gasteiger partial charge in [-0.3, -0.25) is 0 Å². The Balaban J connectivity index is 2.83. The Hall–Kier alpha value is -1.30. The average Bonchev–Trinajstić information content (AvgIpc) is 2.04. The summed E-state index contributed by atoms with van der Waals surface area (Å²) < 4.78 is 0. The molecule has 0 spiro atoms. The minimum absolute atomic E-state index is 1.08. The van der Waals surface area contributed by atoms with Gasteiger partial charge in [0.2, 0.25) is 0 Å². The Morgan fingerprint density at radius 1 is 1.18 bits per heavy atom. The van der Waals surface area contributed by atoms with Crippen molar-refractivity contribution in [1.82, 2.24) is 0 Å².